The van der Waals surface area contributed by atoms with Crippen LogP contribution in [0.25, 0.3) is 0 Å². The van der Waals surface area contributed by atoms with E-state index in [9.17, 15) is 9.59 Å². The van der Waals surface area contributed by atoms with Gasteiger partial charge in [0.15, 0.2) is 12.4 Å². The molecule has 0 spiro atoms. The number of hydrogen-bond donors (Lipinski definition) is 2. The third-order valence-corrected chi connectivity index (χ3v) is 4.02. The number of rotatable bonds is 5. The number of piperazine rings is 1. The maximum Gasteiger partial charge on any atom is 0.291 e. The minimum Gasteiger partial charge on any atom is -0.484 e. The Balaban J connectivity index is 0.00000243. The Kier molecular flexibility index (Phi) is 7.06. The van der Waals surface area contributed by atoms with Crippen LogP contribution in [-0.2, 0) is 4.79 Å². The van der Waals surface area contributed by atoms with Gasteiger partial charge in [-0.05, 0) is 31.2 Å². The Bertz CT molecular complexity index is 736. The van der Waals surface area contributed by atoms with Gasteiger partial charge in [-0.2, -0.15) is 0 Å². The van der Waals surface area contributed by atoms with Crippen LogP contribution in [0.4, 0.5) is 5.69 Å². The van der Waals surface area contributed by atoms with Crippen LogP contribution in [0.2, 0.25) is 0 Å². The molecule has 1 atom stereocenters. The number of nitrogens with zero attached hydrogens (tertiary/aromatic N) is 1. The molecular formula is C18H22ClN3O4. The number of furan rings is 1. The minimum absolute atomic E-state index is 0. The number of hydrogen-bond acceptors (Lipinski definition) is 5. The molecule has 1 saturated heterocycles. The summed E-state index contributed by atoms with van der Waals surface area (Å²) in [5, 5.41) is 5.97. The van der Waals surface area contributed by atoms with Gasteiger partial charge in [0.25, 0.3) is 11.8 Å². The van der Waals surface area contributed by atoms with Gasteiger partial charge in [-0.25, -0.2) is 0 Å². The molecule has 2 N–H and O–H groups in total. The van der Waals surface area contributed by atoms with Crippen LogP contribution in [-0.4, -0.2) is 49.0 Å². The highest BCUT2D eigenvalue weighted by molar-refractivity contribution is 6.02. The molecule has 26 heavy (non-hydrogen) atoms. The molecule has 1 aliphatic heterocycles. The average molecular weight is 380 g/mol. The monoisotopic (exact) mass is 379 g/mol. The highest BCUT2D eigenvalue weighted by atomic mass is 35.5. The summed E-state index contributed by atoms with van der Waals surface area (Å²) >= 11 is 0. The van der Waals surface area contributed by atoms with E-state index in [1.54, 1.807) is 36.4 Å². The van der Waals surface area contributed by atoms with E-state index in [4.69, 9.17) is 9.15 Å². The fourth-order valence-corrected chi connectivity index (χ4v) is 2.70. The SMILES string of the molecule is CC1CNCCN1C(=O)COc1cccc(NC(=O)c2ccco2)c1.Cl. The topological polar surface area (TPSA) is 83.8 Å². The van der Waals surface area contributed by atoms with E-state index >= 15 is 0 Å². The molecule has 8 heteroatoms. The Hall–Kier alpha value is -2.51. The lowest BCUT2D eigenvalue weighted by atomic mass is 10.2. The van der Waals surface area contributed by atoms with E-state index in [2.05, 4.69) is 10.6 Å². The maximum atomic E-state index is 12.3. The Morgan fingerprint density at radius 2 is 2.19 bits per heavy atom. The molecule has 140 valence electrons. The van der Waals surface area contributed by atoms with Crippen molar-refractivity contribution in [2.45, 2.75) is 13.0 Å². The molecule has 0 saturated carbocycles. The van der Waals surface area contributed by atoms with Crippen LogP contribution in [0, 0.1) is 0 Å². The fraction of sp³-hybridized carbons (Fsp3) is 0.333. The van der Waals surface area contributed by atoms with E-state index in [1.807, 2.05) is 11.8 Å². The van der Waals surface area contributed by atoms with Gasteiger partial charge in [0, 0.05) is 37.4 Å². The Morgan fingerprint density at radius 1 is 1.35 bits per heavy atom. The van der Waals surface area contributed by atoms with Gasteiger partial charge in [0.05, 0.1) is 6.26 Å². The zero-order valence-electron chi connectivity index (χ0n) is 14.4. The van der Waals surface area contributed by atoms with Crippen LogP contribution < -0.4 is 15.4 Å². The van der Waals surface area contributed by atoms with Crippen molar-refractivity contribution in [3.8, 4) is 5.75 Å². The lowest BCUT2D eigenvalue weighted by Crippen LogP contribution is -2.53. The van der Waals surface area contributed by atoms with E-state index in [0.29, 0.717) is 18.0 Å². The molecule has 1 unspecified atom stereocenters. The van der Waals surface area contributed by atoms with Gasteiger partial charge in [0.1, 0.15) is 5.75 Å². The van der Waals surface area contributed by atoms with Crippen LogP contribution in [0.1, 0.15) is 17.5 Å². The second-order valence-corrected chi connectivity index (χ2v) is 5.89. The van der Waals surface area contributed by atoms with Crippen LogP contribution in [0.15, 0.2) is 47.1 Å². The Morgan fingerprint density at radius 3 is 2.92 bits per heavy atom. The summed E-state index contributed by atoms with van der Waals surface area (Å²) in [5.74, 6) is 0.370. The van der Waals surface area contributed by atoms with Crippen molar-refractivity contribution >= 4 is 29.9 Å². The predicted molar refractivity (Wildman–Crippen MR) is 99.9 cm³/mol. The summed E-state index contributed by atoms with van der Waals surface area (Å²) in [6, 6.07) is 10.3. The minimum atomic E-state index is -0.340. The molecule has 0 aliphatic carbocycles. The second-order valence-electron chi connectivity index (χ2n) is 5.89. The molecule has 2 amide bonds. The smallest absolute Gasteiger partial charge is 0.291 e. The first-order valence-corrected chi connectivity index (χ1v) is 8.21. The molecule has 1 aliphatic rings. The summed E-state index contributed by atoms with van der Waals surface area (Å²) in [7, 11) is 0. The van der Waals surface area contributed by atoms with Crippen molar-refractivity contribution < 1.29 is 18.7 Å². The van der Waals surface area contributed by atoms with E-state index in [0.717, 1.165) is 13.1 Å². The zero-order valence-corrected chi connectivity index (χ0v) is 15.3. The van der Waals surface area contributed by atoms with Crippen molar-refractivity contribution in [1.82, 2.24) is 10.2 Å². The number of anilines is 1. The van der Waals surface area contributed by atoms with Gasteiger partial charge < -0.3 is 24.7 Å². The van der Waals surface area contributed by atoms with Gasteiger partial charge in [-0.3, -0.25) is 9.59 Å². The number of ether oxygens (including phenoxy) is 1. The highest BCUT2D eigenvalue weighted by Gasteiger charge is 2.23. The highest BCUT2D eigenvalue weighted by Crippen LogP contribution is 2.18. The van der Waals surface area contributed by atoms with Gasteiger partial charge in [0.2, 0.25) is 0 Å². The van der Waals surface area contributed by atoms with Crippen molar-refractivity contribution in [3.05, 3.63) is 48.4 Å². The van der Waals surface area contributed by atoms with Crippen molar-refractivity contribution in [3.63, 3.8) is 0 Å². The lowest BCUT2D eigenvalue weighted by molar-refractivity contribution is -0.136. The normalized spacial score (nSPS) is 16.5. The van der Waals surface area contributed by atoms with Gasteiger partial charge in [-0.15, -0.1) is 12.4 Å². The van der Waals surface area contributed by atoms with Crippen LogP contribution in [0.3, 0.4) is 0 Å². The van der Waals surface area contributed by atoms with Gasteiger partial charge >= 0.3 is 0 Å². The number of halogens is 1. The maximum absolute atomic E-state index is 12.3. The predicted octanol–water partition coefficient (Wildman–Crippen LogP) is 2.15. The fourth-order valence-electron chi connectivity index (χ4n) is 2.70. The second kappa shape index (κ2) is 9.26. The van der Waals surface area contributed by atoms with E-state index < -0.39 is 0 Å². The summed E-state index contributed by atoms with van der Waals surface area (Å²) in [6.07, 6.45) is 1.44. The number of benzene rings is 1. The average Bonchev–Trinajstić information content (AvgIpc) is 3.15. The van der Waals surface area contributed by atoms with E-state index in [1.165, 1.54) is 6.26 Å². The first-order valence-electron chi connectivity index (χ1n) is 8.21. The molecule has 3 rings (SSSR count). The number of carbonyl (C=O) groups is 2. The standard InChI is InChI=1S/C18H21N3O4.ClH/c1-13-11-19-7-8-21(13)17(22)12-25-15-5-2-4-14(10-15)20-18(23)16-6-3-9-24-16;/h2-6,9-10,13,19H,7-8,11-12H2,1H3,(H,20,23);1H. The molecule has 0 bridgehead atoms. The first-order chi connectivity index (χ1) is 12.1. The summed E-state index contributed by atoms with van der Waals surface area (Å²) in [4.78, 5) is 26.1. The summed E-state index contributed by atoms with van der Waals surface area (Å²) in [6.45, 7) is 4.25. The lowest BCUT2D eigenvalue weighted by Gasteiger charge is -2.33. The molecule has 7 nitrogen and oxygen atoms in total. The third kappa shape index (κ3) is 5.00. The van der Waals surface area contributed by atoms with Crippen LogP contribution >= 0.6 is 12.4 Å². The molecule has 0 radical (unpaired) electrons. The molecule has 1 fully saturated rings. The largest absolute Gasteiger partial charge is 0.484 e. The van der Waals surface area contributed by atoms with Crippen LogP contribution in [0.5, 0.6) is 5.75 Å². The molecule has 2 aromatic rings. The molecule has 1 aromatic heterocycles. The van der Waals surface area contributed by atoms with E-state index in [-0.39, 0.29) is 42.6 Å². The molecule has 2 heterocycles. The zero-order chi connectivity index (χ0) is 17.6. The summed E-state index contributed by atoms with van der Waals surface area (Å²) in [5.41, 5.74) is 0.571. The third-order valence-electron chi connectivity index (χ3n) is 4.02. The summed E-state index contributed by atoms with van der Waals surface area (Å²) < 4.78 is 10.7. The number of carbonyl (C=O) groups excluding carboxylic acids is 2. The molecule has 1 aromatic carbocycles. The van der Waals surface area contributed by atoms with Crippen molar-refractivity contribution in [2.24, 2.45) is 0 Å². The first kappa shape index (κ1) is 19.8. The molecular weight excluding hydrogens is 358 g/mol. The quantitative estimate of drug-likeness (QED) is 0.831. The van der Waals surface area contributed by atoms with Gasteiger partial charge in [-0.1, -0.05) is 6.07 Å². The number of nitrogens with one attached hydrogen (secondary N) is 2. The number of amides is 2. The van der Waals surface area contributed by atoms with Crippen molar-refractivity contribution in [2.75, 3.05) is 31.6 Å². The van der Waals surface area contributed by atoms with Crippen molar-refractivity contribution in [1.29, 1.82) is 0 Å². The Labute approximate surface area is 158 Å².